The fraction of sp³-hybridized carbons (Fsp3) is 0.500. The second-order valence-electron chi connectivity index (χ2n) is 3.70. The summed E-state index contributed by atoms with van der Waals surface area (Å²) in [5.74, 6) is 0.287. The summed E-state index contributed by atoms with van der Waals surface area (Å²) in [6.07, 6.45) is 1.65. The van der Waals surface area contributed by atoms with Crippen molar-refractivity contribution in [1.82, 2.24) is 15.3 Å². The average Bonchev–Trinajstić information content (AvgIpc) is 2.30. The van der Waals surface area contributed by atoms with Crippen LogP contribution in [-0.2, 0) is 9.53 Å². The minimum Gasteiger partial charge on any atom is -0.378 e. The number of hydrogen-bond acceptors (Lipinski definition) is 5. The molecular formula is C10H13ClN4O2. The maximum Gasteiger partial charge on any atom is 0.227 e. The van der Waals surface area contributed by atoms with E-state index in [2.05, 4.69) is 20.6 Å². The molecule has 1 aliphatic rings. The molecule has 0 spiro atoms. The highest BCUT2D eigenvalue weighted by atomic mass is 35.5. The third-order valence-corrected chi connectivity index (χ3v) is 2.54. The first-order chi connectivity index (χ1) is 8.24. The van der Waals surface area contributed by atoms with Crippen LogP contribution in [0.15, 0.2) is 12.4 Å². The Morgan fingerprint density at radius 1 is 1.65 bits per heavy atom. The van der Waals surface area contributed by atoms with Crippen molar-refractivity contribution in [3.63, 3.8) is 0 Å². The first-order valence-corrected chi connectivity index (χ1v) is 5.70. The van der Waals surface area contributed by atoms with Crippen molar-refractivity contribution in [3.8, 4) is 0 Å². The molecule has 1 fully saturated rings. The van der Waals surface area contributed by atoms with Crippen LogP contribution < -0.4 is 10.6 Å². The van der Waals surface area contributed by atoms with Crippen LogP contribution in [0.3, 0.4) is 0 Å². The molecule has 2 rings (SSSR count). The van der Waals surface area contributed by atoms with Crippen molar-refractivity contribution in [2.75, 3.05) is 25.1 Å². The van der Waals surface area contributed by atoms with Crippen molar-refractivity contribution >= 4 is 23.3 Å². The Morgan fingerprint density at radius 3 is 3.24 bits per heavy atom. The number of nitrogens with one attached hydrogen (secondary N) is 2. The minimum absolute atomic E-state index is 0.0565. The topological polar surface area (TPSA) is 76.1 Å². The van der Waals surface area contributed by atoms with E-state index in [0.29, 0.717) is 30.6 Å². The first kappa shape index (κ1) is 12.2. The predicted octanol–water partition coefficient (Wildman–Crippen LogP) is 0.447. The van der Waals surface area contributed by atoms with E-state index in [0.717, 1.165) is 6.54 Å². The van der Waals surface area contributed by atoms with E-state index in [9.17, 15) is 4.79 Å². The molecule has 1 aromatic rings. The number of amides is 1. The highest BCUT2D eigenvalue weighted by Gasteiger charge is 2.17. The van der Waals surface area contributed by atoms with Gasteiger partial charge < -0.3 is 15.4 Å². The standard InChI is InChI=1S/C10H13ClN4O2/c11-8-4-9(14-6-13-8)15-10(16)3-7-5-17-2-1-12-7/h4,6-7,12H,1-3,5H2,(H,13,14,15,16). The van der Waals surface area contributed by atoms with Crippen molar-refractivity contribution < 1.29 is 9.53 Å². The van der Waals surface area contributed by atoms with Crippen molar-refractivity contribution in [1.29, 1.82) is 0 Å². The van der Waals surface area contributed by atoms with E-state index in [1.165, 1.54) is 12.4 Å². The molecule has 1 unspecified atom stereocenters. The number of halogens is 1. The van der Waals surface area contributed by atoms with Gasteiger partial charge in [0.1, 0.15) is 17.3 Å². The Balaban J connectivity index is 1.84. The monoisotopic (exact) mass is 256 g/mol. The highest BCUT2D eigenvalue weighted by Crippen LogP contribution is 2.09. The molecule has 0 saturated carbocycles. The van der Waals surface area contributed by atoms with Crippen LogP contribution >= 0.6 is 11.6 Å². The van der Waals surface area contributed by atoms with Gasteiger partial charge in [0.25, 0.3) is 0 Å². The van der Waals surface area contributed by atoms with Gasteiger partial charge in [-0.05, 0) is 0 Å². The van der Waals surface area contributed by atoms with E-state index in [1.807, 2.05) is 0 Å². The SMILES string of the molecule is O=C(CC1COCCN1)Nc1cc(Cl)ncn1. The van der Waals surface area contributed by atoms with Gasteiger partial charge in [-0.1, -0.05) is 11.6 Å². The van der Waals surface area contributed by atoms with E-state index in [-0.39, 0.29) is 11.9 Å². The Morgan fingerprint density at radius 2 is 2.53 bits per heavy atom. The van der Waals surface area contributed by atoms with Gasteiger partial charge >= 0.3 is 0 Å². The number of rotatable bonds is 3. The molecule has 2 heterocycles. The number of carbonyl (C=O) groups excluding carboxylic acids is 1. The van der Waals surface area contributed by atoms with Gasteiger partial charge in [0.05, 0.1) is 13.2 Å². The molecule has 7 heteroatoms. The maximum atomic E-state index is 11.7. The average molecular weight is 257 g/mol. The predicted molar refractivity (Wildman–Crippen MR) is 62.9 cm³/mol. The molecule has 17 heavy (non-hydrogen) atoms. The number of nitrogens with zero attached hydrogens (tertiary/aromatic N) is 2. The van der Waals surface area contributed by atoms with Gasteiger partial charge in [0.15, 0.2) is 0 Å². The summed E-state index contributed by atoms with van der Waals surface area (Å²) in [5.41, 5.74) is 0. The van der Waals surface area contributed by atoms with Crippen molar-refractivity contribution in [2.45, 2.75) is 12.5 Å². The smallest absolute Gasteiger partial charge is 0.227 e. The van der Waals surface area contributed by atoms with Crippen LogP contribution in [0.2, 0.25) is 5.15 Å². The maximum absolute atomic E-state index is 11.7. The van der Waals surface area contributed by atoms with Crippen LogP contribution in [0.4, 0.5) is 5.82 Å². The van der Waals surface area contributed by atoms with Gasteiger partial charge in [0, 0.05) is 25.1 Å². The molecule has 6 nitrogen and oxygen atoms in total. The lowest BCUT2D eigenvalue weighted by atomic mass is 10.2. The van der Waals surface area contributed by atoms with Gasteiger partial charge in [-0.15, -0.1) is 0 Å². The van der Waals surface area contributed by atoms with E-state index < -0.39 is 0 Å². The van der Waals surface area contributed by atoms with Gasteiger partial charge in [0.2, 0.25) is 5.91 Å². The number of morpholine rings is 1. The van der Waals surface area contributed by atoms with Gasteiger partial charge in [-0.2, -0.15) is 0 Å². The van der Waals surface area contributed by atoms with Crippen molar-refractivity contribution in [2.24, 2.45) is 0 Å². The van der Waals surface area contributed by atoms with Crippen molar-refractivity contribution in [3.05, 3.63) is 17.5 Å². The number of carbonyl (C=O) groups is 1. The summed E-state index contributed by atoms with van der Waals surface area (Å²) in [5, 5.41) is 6.16. The van der Waals surface area contributed by atoms with E-state index in [4.69, 9.17) is 16.3 Å². The zero-order valence-corrected chi connectivity index (χ0v) is 9.91. The Hall–Kier alpha value is -1.24. The first-order valence-electron chi connectivity index (χ1n) is 5.32. The van der Waals surface area contributed by atoms with Crippen LogP contribution in [0.25, 0.3) is 0 Å². The van der Waals surface area contributed by atoms with Gasteiger partial charge in [-0.3, -0.25) is 4.79 Å². The summed E-state index contributed by atoms with van der Waals surface area (Å²) < 4.78 is 5.26. The Labute approximate surface area is 104 Å². The summed E-state index contributed by atoms with van der Waals surface area (Å²) in [4.78, 5) is 19.3. The van der Waals surface area contributed by atoms with Crippen LogP contribution in [0, 0.1) is 0 Å². The lowest BCUT2D eigenvalue weighted by Gasteiger charge is -2.23. The molecule has 1 aromatic heterocycles. The van der Waals surface area contributed by atoms with Gasteiger partial charge in [-0.25, -0.2) is 9.97 Å². The molecule has 1 atom stereocenters. The summed E-state index contributed by atoms with van der Waals surface area (Å²) in [6, 6.07) is 1.56. The molecule has 92 valence electrons. The second kappa shape index (κ2) is 5.90. The molecular weight excluding hydrogens is 244 g/mol. The molecule has 2 N–H and O–H groups in total. The normalized spacial score (nSPS) is 19.9. The lowest BCUT2D eigenvalue weighted by Crippen LogP contribution is -2.43. The fourth-order valence-corrected chi connectivity index (χ4v) is 1.72. The van der Waals surface area contributed by atoms with Crippen LogP contribution in [0.1, 0.15) is 6.42 Å². The third kappa shape index (κ3) is 3.92. The zero-order chi connectivity index (χ0) is 12.1. The largest absolute Gasteiger partial charge is 0.378 e. The minimum atomic E-state index is -0.122. The molecule has 0 aliphatic carbocycles. The third-order valence-electron chi connectivity index (χ3n) is 2.33. The molecule has 0 radical (unpaired) electrons. The number of anilines is 1. The number of ether oxygens (including phenoxy) is 1. The molecule has 1 amide bonds. The van der Waals surface area contributed by atoms with E-state index >= 15 is 0 Å². The quantitative estimate of drug-likeness (QED) is 0.768. The summed E-state index contributed by atoms with van der Waals surface area (Å²) in [6.45, 7) is 2.02. The Bertz CT molecular complexity index is 396. The molecule has 0 bridgehead atoms. The Kier molecular flexibility index (Phi) is 4.24. The lowest BCUT2D eigenvalue weighted by molar-refractivity contribution is -0.117. The second-order valence-corrected chi connectivity index (χ2v) is 4.09. The summed E-state index contributed by atoms with van der Waals surface area (Å²) >= 11 is 5.69. The molecule has 1 aliphatic heterocycles. The zero-order valence-electron chi connectivity index (χ0n) is 9.15. The molecule has 1 saturated heterocycles. The highest BCUT2D eigenvalue weighted by molar-refractivity contribution is 6.29. The number of aromatic nitrogens is 2. The summed E-state index contributed by atoms with van der Waals surface area (Å²) in [7, 11) is 0. The number of hydrogen-bond donors (Lipinski definition) is 2. The fourth-order valence-electron chi connectivity index (χ4n) is 1.57. The van der Waals surface area contributed by atoms with Crippen LogP contribution in [0.5, 0.6) is 0 Å². The van der Waals surface area contributed by atoms with E-state index in [1.54, 1.807) is 0 Å². The molecule has 0 aromatic carbocycles. The van der Waals surface area contributed by atoms with Crippen LogP contribution in [-0.4, -0.2) is 41.7 Å².